The molecule has 3 N–H and O–H groups in total. The van der Waals surface area contributed by atoms with Gasteiger partial charge in [-0.15, -0.1) is 0 Å². The molecule has 1 aromatic carbocycles. The van der Waals surface area contributed by atoms with Crippen molar-refractivity contribution >= 4 is 11.7 Å². The Labute approximate surface area is 115 Å². The second kappa shape index (κ2) is 7.42. The van der Waals surface area contributed by atoms with Crippen LogP contribution in [0.3, 0.4) is 0 Å². The number of hydrogen-bond donors (Lipinski definition) is 2. The zero-order valence-electron chi connectivity index (χ0n) is 11.1. The predicted molar refractivity (Wildman–Crippen MR) is 70.3 cm³/mol. The first kappa shape index (κ1) is 15.9. The van der Waals surface area contributed by atoms with Crippen LogP contribution in [-0.2, 0) is 11.2 Å². The third kappa shape index (κ3) is 4.49. The SMILES string of the molecule is CCCN(C/C(N)=N/O)C(=O)Cc1ccc(F)cc1F. The Morgan fingerprint density at radius 3 is 2.70 bits per heavy atom. The molecule has 110 valence electrons. The smallest absolute Gasteiger partial charge is 0.227 e. The first-order valence-corrected chi connectivity index (χ1v) is 6.16. The van der Waals surface area contributed by atoms with Crippen molar-refractivity contribution in [3.8, 4) is 0 Å². The summed E-state index contributed by atoms with van der Waals surface area (Å²) in [6.07, 6.45) is 0.473. The summed E-state index contributed by atoms with van der Waals surface area (Å²) in [4.78, 5) is 13.4. The quantitative estimate of drug-likeness (QED) is 0.360. The lowest BCUT2D eigenvalue weighted by Gasteiger charge is -2.21. The molecule has 20 heavy (non-hydrogen) atoms. The molecule has 0 atom stereocenters. The van der Waals surface area contributed by atoms with Crippen molar-refractivity contribution in [1.82, 2.24) is 4.90 Å². The number of carbonyl (C=O) groups is 1. The summed E-state index contributed by atoms with van der Waals surface area (Å²) in [5.41, 5.74) is 5.48. The van der Waals surface area contributed by atoms with E-state index in [4.69, 9.17) is 10.9 Å². The molecule has 0 heterocycles. The lowest BCUT2D eigenvalue weighted by atomic mass is 10.1. The summed E-state index contributed by atoms with van der Waals surface area (Å²) in [5, 5.41) is 11.3. The number of carbonyl (C=O) groups excluding carboxylic acids is 1. The number of rotatable bonds is 6. The number of hydrogen-bond acceptors (Lipinski definition) is 3. The Bertz CT molecular complexity index is 506. The first-order chi connectivity index (χ1) is 9.47. The van der Waals surface area contributed by atoms with Gasteiger partial charge in [-0.05, 0) is 18.1 Å². The van der Waals surface area contributed by atoms with E-state index < -0.39 is 11.6 Å². The molecule has 0 unspecified atom stereocenters. The molecule has 0 aromatic heterocycles. The van der Waals surface area contributed by atoms with E-state index in [0.29, 0.717) is 13.0 Å². The van der Waals surface area contributed by atoms with E-state index in [2.05, 4.69) is 5.16 Å². The number of nitrogens with zero attached hydrogens (tertiary/aromatic N) is 2. The van der Waals surface area contributed by atoms with E-state index in [-0.39, 0.29) is 30.3 Å². The van der Waals surface area contributed by atoms with Crippen molar-refractivity contribution in [2.24, 2.45) is 10.9 Å². The van der Waals surface area contributed by atoms with E-state index >= 15 is 0 Å². The molecule has 0 spiro atoms. The van der Waals surface area contributed by atoms with Gasteiger partial charge in [0.05, 0.1) is 13.0 Å². The third-order valence-corrected chi connectivity index (χ3v) is 2.68. The van der Waals surface area contributed by atoms with Crippen LogP contribution in [0.4, 0.5) is 8.78 Å². The second-order valence-electron chi connectivity index (χ2n) is 4.32. The normalized spacial score (nSPS) is 11.4. The van der Waals surface area contributed by atoms with Gasteiger partial charge in [-0.25, -0.2) is 8.78 Å². The maximum atomic E-state index is 13.5. The summed E-state index contributed by atoms with van der Waals surface area (Å²) in [6, 6.07) is 3.06. The van der Waals surface area contributed by atoms with E-state index in [1.165, 1.54) is 11.0 Å². The Morgan fingerprint density at radius 2 is 2.15 bits per heavy atom. The van der Waals surface area contributed by atoms with Gasteiger partial charge in [0.1, 0.15) is 11.6 Å². The molecule has 0 radical (unpaired) electrons. The summed E-state index contributed by atoms with van der Waals surface area (Å²) in [5.74, 6) is -1.94. The molecule has 0 aliphatic rings. The molecule has 1 rings (SSSR count). The minimum atomic E-state index is -0.765. The summed E-state index contributed by atoms with van der Waals surface area (Å²) >= 11 is 0. The molecular weight excluding hydrogens is 268 g/mol. The van der Waals surface area contributed by atoms with Gasteiger partial charge in [-0.2, -0.15) is 0 Å². The average Bonchev–Trinajstić information content (AvgIpc) is 2.41. The molecule has 0 aliphatic heterocycles. The van der Waals surface area contributed by atoms with Crippen molar-refractivity contribution in [3.05, 3.63) is 35.4 Å². The summed E-state index contributed by atoms with van der Waals surface area (Å²) in [6.45, 7) is 2.23. The van der Waals surface area contributed by atoms with Gasteiger partial charge >= 0.3 is 0 Å². The highest BCUT2D eigenvalue weighted by atomic mass is 19.1. The van der Waals surface area contributed by atoms with Crippen molar-refractivity contribution in [1.29, 1.82) is 0 Å². The first-order valence-electron chi connectivity index (χ1n) is 6.16. The summed E-state index contributed by atoms with van der Waals surface area (Å²) in [7, 11) is 0. The lowest BCUT2D eigenvalue weighted by molar-refractivity contribution is -0.129. The van der Waals surface area contributed by atoms with E-state index in [9.17, 15) is 13.6 Å². The highest BCUT2D eigenvalue weighted by Crippen LogP contribution is 2.11. The molecule has 1 aromatic rings. The van der Waals surface area contributed by atoms with Gasteiger partial charge in [0.2, 0.25) is 5.91 Å². The van der Waals surface area contributed by atoms with Crippen LogP contribution in [0, 0.1) is 11.6 Å². The van der Waals surface area contributed by atoms with Crippen LogP contribution in [0.25, 0.3) is 0 Å². The lowest BCUT2D eigenvalue weighted by Crippen LogP contribution is -2.40. The van der Waals surface area contributed by atoms with Gasteiger partial charge in [0, 0.05) is 12.6 Å². The second-order valence-corrected chi connectivity index (χ2v) is 4.32. The zero-order valence-corrected chi connectivity index (χ0v) is 11.1. The standard InChI is InChI=1S/C13H17F2N3O2/c1-2-5-18(8-12(16)17-20)13(19)6-9-3-4-10(14)7-11(9)15/h3-4,7,20H,2,5-6,8H2,1H3,(H2,16,17). The molecule has 0 bridgehead atoms. The van der Waals surface area contributed by atoms with E-state index in [0.717, 1.165) is 12.1 Å². The number of nitrogens with two attached hydrogens (primary N) is 1. The Kier molecular flexibility index (Phi) is 5.89. The highest BCUT2D eigenvalue weighted by molar-refractivity contribution is 5.87. The average molecular weight is 285 g/mol. The molecule has 0 aliphatic carbocycles. The molecule has 0 fully saturated rings. The fourth-order valence-corrected chi connectivity index (χ4v) is 1.73. The maximum Gasteiger partial charge on any atom is 0.227 e. The fraction of sp³-hybridized carbons (Fsp3) is 0.385. The highest BCUT2D eigenvalue weighted by Gasteiger charge is 2.17. The molecule has 0 saturated heterocycles. The van der Waals surface area contributed by atoms with Gasteiger partial charge in [0.15, 0.2) is 5.84 Å². The maximum absolute atomic E-state index is 13.5. The van der Waals surface area contributed by atoms with Crippen LogP contribution in [0.5, 0.6) is 0 Å². The molecule has 7 heteroatoms. The Morgan fingerprint density at radius 1 is 1.45 bits per heavy atom. The van der Waals surface area contributed by atoms with Crippen molar-refractivity contribution < 1.29 is 18.8 Å². The topological polar surface area (TPSA) is 78.9 Å². The number of amides is 1. The molecular formula is C13H17F2N3O2. The van der Waals surface area contributed by atoms with Crippen LogP contribution in [0.2, 0.25) is 0 Å². The minimum absolute atomic E-state index is 0.0357. The minimum Gasteiger partial charge on any atom is -0.409 e. The summed E-state index contributed by atoms with van der Waals surface area (Å²) < 4.78 is 26.3. The zero-order chi connectivity index (χ0) is 15.1. The van der Waals surface area contributed by atoms with Crippen molar-refractivity contribution in [2.75, 3.05) is 13.1 Å². The Balaban J connectivity index is 2.79. The van der Waals surface area contributed by atoms with Gasteiger partial charge in [0.25, 0.3) is 0 Å². The van der Waals surface area contributed by atoms with Gasteiger partial charge < -0.3 is 15.8 Å². The number of amidine groups is 1. The largest absolute Gasteiger partial charge is 0.409 e. The molecule has 5 nitrogen and oxygen atoms in total. The van der Waals surface area contributed by atoms with Gasteiger partial charge in [-0.3, -0.25) is 4.79 Å². The van der Waals surface area contributed by atoms with Gasteiger partial charge in [-0.1, -0.05) is 18.1 Å². The van der Waals surface area contributed by atoms with Crippen LogP contribution >= 0.6 is 0 Å². The Hall–Kier alpha value is -2.18. The van der Waals surface area contributed by atoms with E-state index in [1.807, 2.05) is 6.92 Å². The fourth-order valence-electron chi connectivity index (χ4n) is 1.73. The number of benzene rings is 1. The third-order valence-electron chi connectivity index (χ3n) is 2.68. The van der Waals surface area contributed by atoms with Crippen molar-refractivity contribution in [3.63, 3.8) is 0 Å². The number of oxime groups is 1. The predicted octanol–water partition coefficient (Wildman–Crippen LogP) is 1.49. The molecule has 1 amide bonds. The molecule has 0 saturated carbocycles. The number of halogens is 2. The van der Waals surface area contributed by atoms with Crippen molar-refractivity contribution in [2.45, 2.75) is 19.8 Å². The van der Waals surface area contributed by atoms with Crippen LogP contribution in [-0.4, -0.2) is 34.9 Å². The van der Waals surface area contributed by atoms with E-state index in [1.54, 1.807) is 0 Å². The van der Waals surface area contributed by atoms with Crippen LogP contribution < -0.4 is 5.73 Å². The van der Waals surface area contributed by atoms with Crippen LogP contribution in [0.15, 0.2) is 23.4 Å². The monoisotopic (exact) mass is 285 g/mol. The van der Waals surface area contributed by atoms with Crippen LogP contribution in [0.1, 0.15) is 18.9 Å².